The van der Waals surface area contributed by atoms with Crippen molar-refractivity contribution in [2.45, 2.75) is 23.8 Å². The van der Waals surface area contributed by atoms with Gasteiger partial charge in [0.05, 0.1) is 27.4 Å². The molecule has 0 aliphatic carbocycles. The van der Waals surface area contributed by atoms with Gasteiger partial charge < -0.3 is 5.32 Å². The molecule has 0 bridgehead atoms. The molecule has 1 fully saturated rings. The molecule has 0 amide bonds. The second-order valence-corrected chi connectivity index (χ2v) is 9.89. The molecule has 148 valence electrons. The van der Waals surface area contributed by atoms with E-state index in [1.807, 2.05) is 41.8 Å². The number of sulfonamides is 1. The molecule has 0 spiro atoms. The van der Waals surface area contributed by atoms with Crippen molar-refractivity contribution in [1.82, 2.24) is 15.3 Å². The van der Waals surface area contributed by atoms with Crippen molar-refractivity contribution in [1.29, 1.82) is 0 Å². The van der Waals surface area contributed by atoms with Crippen molar-refractivity contribution < 1.29 is 8.42 Å². The highest BCUT2D eigenvalue weighted by molar-refractivity contribution is 7.92. The summed E-state index contributed by atoms with van der Waals surface area (Å²) in [6.07, 6.45) is 3.15. The zero-order valence-electron chi connectivity index (χ0n) is 15.7. The number of thiophene rings is 1. The molecule has 8 heteroatoms. The number of benzene rings is 2. The van der Waals surface area contributed by atoms with Crippen molar-refractivity contribution >= 4 is 48.3 Å². The lowest BCUT2D eigenvalue weighted by atomic mass is 10.1. The third-order valence-electron chi connectivity index (χ3n) is 5.31. The zero-order chi connectivity index (χ0) is 19.8. The van der Waals surface area contributed by atoms with E-state index in [-0.39, 0.29) is 16.9 Å². The zero-order valence-corrected chi connectivity index (χ0v) is 17.3. The molecule has 5 rings (SSSR count). The predicted octanol–water partition coefficient (Wildman–Crippen LogP) is 3.79. The number of nitrogens with zero attached hydrogens (tertiary/aromatic N) is 3. The van der Waals surface area contributed by atoms with E-state index in [4.69, 9.17) is 0 Å². The van der Waals surface area contributed by atoms with E-state index < -0.39 is 10.0 Å². The molecule has 4 aromatic rings. The third kappa shape index (κ3) is 3.37. The Bertz CT molecular complexity index is 1280. The number of aromatic nitrogens is 2. The molecule has 1 aliphatic heterocycles. The van der Waals surface area contributed by atoms with Gasteiger partial charge in [-0.25, -0.2) is 22.7 Å². The van der Waals surface area contributed by atoms with Gasteiger partial charge in [0.1, 0.15) is 0 Å². The third-order valence-corrected chi connectivity index (χ3v) is 7.98. The van der Waals surface area contributed by atoms with Crippen molar-refractivity contribution in [2.75, 3.05) is 17.4 Å². The summed E-state index contributed by atoms with van der Waals surface area (Å²) in [5.74, 6) is 0.246. The molecule has 0 radical (unpaired) electrons. The minimum atomic E-state index is -3.81. The summed E-state index contributed by atoms with van der Waals surface area (Å²) < 4.78 is 29.9. The quantitative estimate of drug-likeness (QED) is 0.539. The summed E-state index contributed by atoms with van der Waals surface area (Å²) in [5.41, 5.74) is 0.771. The Morgan fingerprint density at radius 1 is 1.03 bits per heavy atom. The maximum atomic E-state index is 13.8. The van der Waals surface area contributed by atoms with Crippen LogP contribution in [0.3, 0.4) is 0 Å². The van der Waals surface area contributed by atoms with Crippen LogP contribution in [0.2, 0.25) is 0 Å². The fraction of sp³-hybridized carbons (Fsp3) is 0.238. The fourth-order valence-corrected chi connectivity index (χ4v) is 6.15. The lowest BCUT2D eigenvalue weighted by molar-refractivity contribution is 0.450. The Labute approximate surface area is 173 Å². The number of fused-ring (bicyclic) bond motifs is 2. The second kappa shape index (κ2) is 7.37. The summed E-state index contributed by atoms with van der Waals surface area (Å²) in [6, 6.07) is 14.8. The monoisotopic (exact) mass is 424 g/mol. The Hall–Kier alpha value is -2.55. The minimum absolute atomic E-state index is 0.177. The molecule has 2 aromatic carbocycles. The number of rotatable bonds is 4. The lowest BCUT2D eigenvalue weighted by Gasteiger charge is -2.33. The average molecular weight is 425 g/mol. The standard InChI is InChI=1S/C21H20N4O2S2/c26-29(27,18-6-5-15-3-1-2-4-16(15)13-18)25(17-7-10-22-11-8-17)21-23-14-20-19(24-21)9-12-28-20/h1-6,9,12-14,17,22H,7-8,10-11H2. The molecule has 1 saturated heterocycles. The first-order valence-corrected chi connectivity index (χ1v) is 11.9. The number of piperidine rings is 1. The molecule has 0 unspecified atom stereocenters. The van der Waals surface area contributed by atoms with Gasteiger partial charge in [-0.15, -0.1) is 11.3 Å². The minimum Gasteiger partial charge on any atom is -0.317 e. The van der Waals surface area contributed by atoms with Crippen LogP contribution in [-0.2, 0) is 10.0 Å². The molecule has 3 heterocycles. The van der Waals surface area contributed by atoms with E-state index in [0.29, 0.717) is 0 Å². The van der Waals surface area contributed by atoms with Gasteiger partial charge in [0.25, 0.3) is 10.0 Å². The number of nitrogens with one attached hydrogen (secondary N) is 1. The predicted molar refractivity (Wildman–Crippen MR) is 117 cm³/mol. The van der Waals surface area contributed by atoms with Gasteiger partial charge in [-0.05, 0) is 60.3 Å². The maximum Gasteiger partial charge on any atom is 0.266 e. The van der Waals surface area contributed by atoms with Crippen LogP contribution < -0.4 is 9.62 Å². The van der Waals surface area contributed by atoms with E-state index >= 15 is 0 Å². The van der Waals surface area contributed by atoms with E-state index in [2.05, 4.69) is 15.3 Å². The highest BCUT2D eigenvalue weighted by atomic mass is 32.2. The SMILES string of the molecule is O=S(=O)(c1ccc2ccccc2c1)N(c1ncc2sccc2n1)C1CCNCC1. The summed E-state index contributed by atoms with van der Waals surface area (Å²) >= 11 is 1.55. The molecule has 1 aliphatic rings. The van der Waals surface area contributed by atoms with Crippen molar-refractivity contribution in [3.8, 4) is 0 Å². The molecule has 0 saturated carbocycles. The Morgan fingerprint density at radius 2 is 1.83 bits per heavy atom. The van der Waals surface area contributed by atoms with Crippen molar-refractivity contribution in [2.24, 2.45) is 0 Å². The smallest absolute Gasteiger partial charge is 0.266 e. The van der Waals surface area contributed by atoms with Crippen LogP contribution in [0, 0.1) is 0 Å². The normalized spacial score (nSPS) is 15.7. The molecule has 2 aromatic heterocycles. The van der Waals surface area contributed by atoms with Gasteiger partial charge in [-0.1, -0.05) is 30.3 Å². The first-order chi connectivity index (χ1) is 14.1. The molecular weight excluding hydrogens is 404 g/mol. The van der Waals surface area contributed by atoms with Gasteiger partial charge in [-0.2, -0.15) is 0 Å². The first kappa shape index (κ1) is 18.5. The van der Waals surface area contributed by atoms with Crippen LogP contribution in [0.25, 0.3) is 21.0 Å². The van der Waals surface area contributed by atoms with Gasteiger partial charge in [0, 0.05) is 0 Å². The highest BCUT2D eigenvalue weighted by Gasteiger charge is 2.34. The van der Waals surface area contributed by atoms with Crippen LogP contribution in [0.5, 0.6) is 0 Å². The molecule has 0 atom stereocenters. The molecule has 6 nitrogen and oxygen atoms in total. The molecular formula is C21H20N4O2S2. The largest absolute Gasteiger partial charge is 0.317 e. The van der Waals surface area contributed by atoms with E-state index in [9.17, 15) is 8.42 Å². The van der Waals surface area contributed by atoms with Gasteiger partial charge in [0.15, 0.2) is 0 Å². The second-order valence-electron chi connectivity index (χ2n) is 7.13. The van der Waals surface area contributed by atoms with Crippen LogP contribution in [-0.4, -0.2) is 37.5 Å². The molecule has 29 heavy (non-hydrogen) atoms. The molecule has 1 N–H and O–H groups in total. The van der Waals surface area contributed by atoms with Crippen molar-refractivity contribution in [3.05, 3.63) is 60.1 Å². The topological polar surface area (TPSA) is 75.2 Å². The van der Waals surface area contributed by atoms with E-state index in [1.165, 1.54) is 4.31 Å². The number of hydrogen-bond donors (Lipinski definition) is 1. The first-order valence-electron chi connectivity index (χ1n) is 9.57. The van der Waals surface area contributed by atoms with E-state index in [0.717, 1.165) is 46.9 Å². The lowest BCUT2D eigenvalue weighted by Crippen LogP contribution is -2.47. The Balaban J connectivity index is 1.65. The van der Waals surface area contributed by atoms with Crippen LogP contribution >= 0.6 is 11.3 Å². The summed E-state index contributed by atoms with van der Waals surface area (Å²) in [4.78, 5) is 9.29. The van der Waals surface area contributed by atoms with Crippen LogP contribution in [0.1, 0.15) is 12.8 Å². The van der Waals surface area contributed by atoms with Crippen LogP contribution in [0.15, 0.2) is 65.0 Å². The maximum absolute atomic E-state index is 13.8. The van der Waals surface area contributed by atoms with E-state index in [1.54, 1.807) is 29.7 Å². The number of anilines is 1. The fourth-order valence-electron chi connectivity index (χ4n) is 3.81. The van der Waals surface area contributed by atoms with Gasteiger partial charge in [0.2, 0.25) is 5.95 Å². The number of hydrogen-bond acceptors (Lipinski definition) is 6. The van der Waals surface area contributed by atoms with Crippen LogP contribution in [0.4, 0.5) is 5.95 Å². The Morgan fingerprint density at radius 3 is 2.66 bits per heavy atom. The summed E-state index contributed by atoms with van der Waals surface area (Å²) in [6.45, 7) is 1.55. The van der Waals surface area contributed by atoms with Gasteiger partial charge >= 0.3 is 0 Å². The van der Waals surface area contributed by atoms with Gasteiger partial charge in [-0.3, -0.25) is 0 Å². The Kier molecular flexibility index (Phi) is 4.69. The average Bonchev–Trinajstić information content (AvgIpc) is 3.22. The summed E-state index contributed by atoms with van der Waals surface area (Å²) in [7, 11) is -3.81. The summed E-state index contributed by atoms with van der Waals surface area (Å²) in [5, 5.41) is 7.15. The van der Waals surface area contributed by atoms with Crippen molar-refractivity contribution in [3.63, 3.8) is 0 Å². The highest BCUT2D eigenvalue weighted by Crippen LogP contribution is 2.30.